The molecule has 1 aromatic rings. The van der Waals surface area contributed by atoms with E-state index in [1.54, 1.807) is 6.20 Å². The van der Waals surface area contributed by atoms with Crippen molar-refractivity contribution in [2.24, 2.45) is 5.73 Å². The van der Waals surface area contributed by atoms with Gasteiger partial charge in [-0.2, -0.15) is 0 Å². The van der Waals surface area contributed by atoms with Crippen molar-refractivity contribution in [1.82, 2.24) is 4.98 Å². The number of aliphatic hydroxyl groups excluding tert-OH is 1. The Bertz CT molecular complexity index is 315. The van der Waals surface area contributed by atoms with E-state index in [1.807, 2.05) is 12.1 Å². The van der Waals surface area contributed by atoms with Crippen LogP contribution in [-0.4, -0.2) is 29.3 Å². The summed E-state index contributed by atoms with van der Waals surface area (Å²) in [6.45, 7) is 5.74. The van der Waals surface area contributed by atoms with Crippen LogP contribution in [0.4, 0.5) is 5.69 Å². The van der Waals surface area contributed by atoms with Crippen LogP contribution in [0.2, 0.25) is 0 Å². The van der Waals surface area contributed by atoms with E-state index in [-0.39, 0.29) is 6.61 Å². The summed E-state index contributed by atoms with van der Waals surface area (Å²) in [5.74, 6) is 0. The lowest BCUT2D eigenvalue weighted by atomic mass is 10.2. The van der Waals surface area contributed by atoms with E-state index in [4.69, 9.17) is 10.8 Å². The molecule has 0 saturated heterocycles. The molecule has 0 saturated carbocycles. The predicted octanol–water partition coefficient (Wildman–Crippen LogP) is 1.14. The lowest BCUT2D eigenvalue weighted by Gasteiger charge is -2.30. The second-order valence-corrected chi connectivity index (χ2v) is 4.04. The number of nitrogens with two attached hydrogens (primary N) is 1. The topological polar surface area (TPSA) is 62.4 Å². The first-order valence-corrected chi connectivity index (χ1v) is 5.72. The molecule has 0 radical (unpaired) electrons. The summed E-state index contributed by atoms with van der Waals surface area (Å²) in [5.41, 5.74) is 7.67. The zero-order chi connectivity index (χ0) is 12.0. The van der Waals surface area contributed by atoms with E-state index < -0.39 is 0 Å². The molecule has 16 heavy (non-hydrogen) atoms. The van der Waals surface area contributed by atoms with Crippen LogP contribution in [0.1, 0.15) is 26.0 Å². The molecule has 0 aliphatic rings. The fourth-order valence-corrected chi connectivity index (χ4v) is 1.75. The van der Waals surface area contributed by atoms with Gasteiger partial charge in [0.25, 0.3) is 0 Å². The maximum absolute atomic E-state index is 8.90. The highest BCUT2D eigenvalue weighted by atomic mass is 16.3. The molecule has 0 amide bonds. The molecule has 0 bridgehead atoms. The van der Waals surface area contributed by atoms with E-state index in [1.165, 1.54) is 0 Å². The number of aromatic nitrogens is 1. The van der Waals surface area contributed by atoms with Gasteiger partial charge in [0.1, 0.15) is 0 Å². The fourth-order valence-electron chi connectivity index (χ4n) is 1.75. The molecule has 1 aromatic heterocycles. The van der Waals surface area contributed by atoms with Gasteiger partial charge >= 0.3 is 0 Å². The minimum atomic E-state index is 0.210. The highest BCUT2D eigenvalue weighted by Gasteiger charge is 2.13. The Labute approximate surface area is 97.1 Å². The predicted molar refractivity (Wildman–Crippen MR) is 66.3 cm³/mol. The molecule has 0 aliphatic carbocycles. The molecule has 0 aliphatic heterocycles. The van der Waals surface area contributed by atoms with E-state index in [0.717, 1.165) is 24.3 Å². The van der Waals surface area contributed by atoms with Crippen LogP contribution < -0.4 is 10.6 Å². The second-order valence-electron chi connectivity index (χ2n) is 4.04. The molecular formula is C12H21N3O. The monoisotopic (exact) mass is 223 g/mol. The Morgan fingerprint density at radius 2 is 2.25 bits per heavy atom. The summed E-state index contributed by atoms with van der Waals surface area (Å²) >= 11 is 0. The fraction of sp³-hybridized carbons (Fsp3) is 0.583. The Kier molecular flexibility index (Phi) is 5.22. The van der Waals surface area contributed by atoms with Crippen LogP contribution in [0, 0.1) is 0 Å². The van der Waals surface area contributed by atoms with Crippen molar-refractivity contribution in [1.29, 1.82) is 0 Å². The number of nitrogens with zero attached hydrogens (tertiary/aromatic N) is 2. The van der Waals surface area contributed by atoms with Crippen LogP contribution in [0.25, 0.3) is 0 Å². The zero-order valence-electron chi connectivity index (χ0n) is 10.1. The molecule has 0 fully saturated rings. The van der Waals surface area contributed by atoms with Crippen molar-refractivity contribution in [3.05, 3.63) is 24.0 Å². The first kappa shape index (κ1) is 12.9. The standard InChI is InChI=1S/C12H21N3O/c1-10(2)15(7-4-8-16)12-5-3-6-14-11(12)9-13/h3,5-6,10,16H,4,7-9,13H2,1-2H3. The van der Waals surface area contributed by atoms with Crippen LogP contribution in [0.3, 0.4) is 0 Å². The van der Waals surface area contributed by atoms with Crippen molar-refractivity contribution in [3.63, 3.8) is 0 Å². The third-order valence-corrected chi connectivity index (χ3v) is 2.55. The summed E-state index contributed by atoms with van der Waals surface area (Å²) in [6, 6.07) is 4.33. The molecule has 0 atom stereocenters. The molecule has 4 nitrogen and oxygen atoms in total. The third kappa shape index (κ3) is 3.18. The molecule has 0 aromatic carbocycles. The van der Waals surface area contributed by atoms with Crippen molar-refractivity contribution in [2.75, 3.05) is 18.1 Å². The van der Waals surface area contributed by atoms with Crippen LogP contribution >= 0.6 is 0 Å². The van der Waals surface area contributed by atoms with E-state index in [9.17, 15) is 0 Å². The maximum atomic E-state index is 8.90. The van der Waals surface area contributed by atoms with Gasteiger partial charge in [0.15, 0.2) is 0 Å². The van der Waals surface area contributed by atoms with E-state index >= 15 is 0 Å². The minimum Gasteiger partial charge on any atom is -0.396 e. The Morgan fingerprint density at radius 3 is 2.81 bits per heavy atom. The van der Waals surface area contributed by atoms with Gasteiger partial charge in [-0.05, 0) is 32.4 Å². The second kappa shape index (κ2) is 6.45. The van der Waals surface area contributed by atoms with Gasteiger partial charge in [-0.1, -0.05) is 0 Å². The molecule has 3 N–H and O–H groups in total. The Morgan fingerprint density at radius 1 is 1.50 bits per heavy atom. The van der Waals surface area contributed by atoms with Gasteiger partial charge < -0.3 is 15.7 Å². The molecule has 4 heteroatoms. The van der Waals surface area contributed by atoms with E-state index in [0.29, 0.717) is 12.6 Å². The van der Waals surface area contributed by atoms with Gasteiger partial charge in [0.2, 0.25) is 0 Å². The number of pyridine rings is 1. The SMILES string of the molecule is CC(C)N(CCCO)c1cccnc1CN. The zero-order valence-corrected chi connectivity index (χ0v) is 10.1. The van der Waals surface area contributed by atoms with Crippen LogP contribution in [-0.2, 0) is 6.54 Å². The first-order valence-electron chi connectivity index (χ1n) is 5.72. The molecule has 1 rings (SSSR count). The Hall–Kier alpha value is -1.13. The molecular weight excluding hydrogens is 202 g/mol. The van der Waals surface area contributed by atoms with Crippen LogP contribution in [0.15, 0.2) is 18.3 Å². The summed E-state index contributed by atoms with van der Waals surface area (Å²) in [7, 11) is 0. The van der Waals surface area contributed by atoms with Gasteiger partial charge in [0.05, 0.1) is 11.4 Å². The lowest BCUT2D eigenvalue weighted by Crippen LogP contribution is -2.33. The summed E-state index contributed by atoms with van der Waals surface area (Å²) < 4.78 is 0. The number of anilines is 1. The van der Waals surface area contributed by atoms with Crippen molar-refractivity contribution in [2.45, 2.75) is 32.9 Å². The highest BCUT2D eigenvalue weighted by Crippen LogP contribution is 2.20. The molecule has 0 spiro atoms. The lowest BCUT2D eigenvalue weighted by molar-refractivity contribution is 0.288. The third-order valence-electron chi connectivity index (χ3n) is 2.55. The van der Waals surface area contributed by atoms with Gasteiger partial charge in [-0.3, -0.25) is 4.98 Å². The molecule has 0 unspecified atom stereocenters. The summed E-state index contributed by atoms with van der Waals surface area (Å²) in [5, 5.41) is 8.90. The summed E-state index contributed by atoms with van der Waals surface area (Å²) in [4.78, 5) is 6.51. The number of hydrogen-bond acceptors (Lipinski definition) is 4. The number of rotatable bonds is 6. The smallest absolute Gasteiger partial charge is 0.0772 e. The van der Waals surface area contributed by atoms with Gasteiger partial charge in [-0.15, -0.1) is 0 Å². The molecule has 90 valence electrons. The normalized spacial score (nSPS) is 10.8. The maximum Gasteiger partial charge on any atom is 0.0772 e. The van der Waals surface area contributed by atoms with E-state index in [2.05, 4.69) is 23.7 Å². The first-order chi connectivity index (χ1) is 7.70. The van der Waals surface area contributed by atoms with Crippen molar-refractivity contribution >= 4 is 5.69 Å². The van der Waals surface area contributed by atoms with Crippen molar-refractivity contribution < 1.29 is 5.11 Å². The summed E-state index contributed by atoms with van der Waals surface area (Å²) in [6.07, 6.45) is 2.52. The Balaban J connectivity index is 2.91. The number of aliphatic hydroxyl groups is 1. The molecule has 1 heterocycles. The van der Waals surface area contributed by atoms with Crippen molar-refractivity contribution in [3.8, 4) is 0 Å². The quantitative estimate of drug-likeness (QED) is 0.759. The largest absolute Gasteiger partial charge is 0.396 e. The minimum absolute atomic E-state index is 0.210. The average molecular weight is 223 g/mol. The number of hydrogen-bond donors (Lipinski definition) is 2. The highest BCUT2D eigenvalue weighted by molar-refractivity contribution is 5.51. The van der Waals surface area contributed by atoms with Gasteiger partial charge in [0, 0.05) is 31.9 Å². The van der Waals surface area contributed by atoms with Gasteiger partial charge in [-0.25, -0.2) is 0 Å². The average Bonchev–Trinajstić information content (AvgIpc) is 2.29. The van der Waals surface area contributed by atoms with Crippen LogP contribution in [0.5, 0.6) is 0 Å².